The highest BCUT2D eigenvalue weighted by molar-refractivity contribution is 8.01. The summed E-state index contributed by atoms with van der Waals surface area (Å²) in [6, 6.07) is 14.0. The van der Waals surface area contributed by atoms with Crippen LogP contribution in [0, 0.1) is 5.82 Å². The average Bonchev–Trinajstić information content (AvgIpc) is 3.38. The van der Waals surface area contributed by atoms with E-state index in [0.29, 0.717) is 47.5 Å². The van der Waals surface area contributed by atoms with Gasteiger partial charge in [0.2, 0.25) is 5.91 Å². The number of morpholine rings is 1. The van der Waals surface area contributed by atoms with Gasteiger partial charge >= 0.3 is 0 Å². The first-order chi connectivity index (χ1) is 16.5. The molecule has 2 unspecified atom stereocenters. The number of ketones is 1. The van der Waals surface area contributed by atoms with E-state index in [9.17, 15) is 9.59 Å². The molecule has 2 saturated heterocycles. The Kier molecular flexibility index (Phi) is 6.66. The lowest BCUT2D eigenvalue weighted by atomic mass is 9.77. The maximum absolute atomic E-state index is 15.3. The van der Waals surface area contributed by atoms with Gasteiger partial charge in [0.05, 0.1) is 29.5 Å². The molecule has 2 fully saturated rings. The van der Waals surface area contributed by atoms with Crippen LogP contribution in [0.2, 0.25) is 5.02 Å². The fraction of sp³-hybridized carbons (Fsp3) is 0.280. The van der Waals surface area contributed by atoms with Crippen LogP contribution in [0.4, 0.5) is 10.1 Å². The summed E-state index contributed by atoms with van der Waals surface area (Å²) in [6.45, 7) is 2.33. The SMILES string of the molecule is O=C1CC(c2ccsc2)(c2ccc(N3CCOCC3)c(F)c2)NC(=O)C1Sc1ccccc1Cl. The summed E-state index contributed by atoms with van der Waals surface area (Å²) in [5.74, 6) is -1.02. The second-order valence-electron chi connectivity index (χ2n) is 8.24. The topological polar surface area (TPSA) is 58.6 Å². The number of hydrogen-bond acceptors (Lipinski definition) is 6. The van der Waals surface area contributed by atoms with Crippen molar-refractivity contribution < 1.29 is 18.7 Å². The van der Waals surface area contributed by atoms with Gasteiger partial charge in [-0.05, 0) is 52.2 Å². The monoisotopic (exact) mass is 516 g/mol. The minimum atomic E-state index is -1.13. The second-order valence-corrected chi connectivity index (χ2v) is 10.6. The molecule has 0 bridgehead atoms. The molecule has 2 aliphatic rings. The highest BCUT2D eigenvalue weighted by Gasteiger charge is 2.48. The lowest BCUT2D eigenvalue weighted by Crippen LogP contribution is -2.58. The first-order valence-corrected chi connectivity index (χ1v) is 13.1. The van der Waals surface area contributed by atoms with E-state index in [1.807, 2.05) is 27.8 Å². The Morgan fingerprint density at radius 2 is 1.91 bits per heavy atom. The number of nitrogens with one attached hydrogen (secondary N) is 1. The number of piperidine rings is 1. The van der Waals surface area contributed by atoms with Gasteiger partial charge in [-0.3, -0.25) is 9.59 Å². The molecule has 176 valence electrons. The van der Waals surface area contributed by atoms with Crippen LogP contribution in [0.25, 0.3) is 0 Å². The van der Waals surface area contributed by atoms with Gasteiger partial charge in [-0.1, -0.05) is 29.8 Å². The third-order valence-corrected chi connectivity index (χ3v) is 8.64. The van der Waals surface area contributed by atoms with E-state index >= 15 is 4.39 Å². The highest BCUT2D eigenvalue weighted by Crippen LogP contribution is 2.42. The number of thiophene rings is 1. The fourth-order valence-corrected chi connectivity index (χ4v) is 6.43. The van der Waals surface area contributed by atoms with E-state index in [4.69, 9.17) is 16.3 Å². The molecule has 2 aromatic carbocycles. The van der Waals surface area contributed by atoms with Crippen molar-refractivity contribution in [1.29, 1.82) is 0 Å². The van der Waals surface area contributed by atoms with Crippen molar-refractivity contribution >= 4 is 52.1 Å². The number of benzene rings is 2. The summed E-state index contributed by atoms with van der Waals surface area (Å²) >= 11 is 8.86. The molecule has 0 saturated carbocycles. The standard InChI is InChI=1S/C25H22ClFN2O3S2/c26-18-3-1-2-4-22(18)34-23-21(30)14-25(28-24(23)31,17-7-12-33-15-17)16-5-6-20(19(27)13-16)29-8-10-32-11-9-29/h1-7,12-13,15,23H,8-11,14H2,(H,28,31). The summed E-state index contributed by atoms with van der Waals surface area (Å²) in [7, 11) is 0. The molecule has 0 radical (unpaired) electrons. The largest absolute Gasteiger partial charge is 0.378 e. The lowest BCUT2D eigenvalue weighted by molar-refractivity contribution is -0.132. The minimum Gasteiger partial charge on any atom is -0.378 e. The molecule has 0 aliphatic carbocycles. The predicted octanol–water partition coefficient (Wildman–Crippen LogP) is 4.87. The number of rotatable bonds is 5. The third kappa shape index (κ3) is 4.35. The van der Waals surface area contributed by atoms with Gasteiger partial charge in [0, 0.05) is 24.4 Å². The molecule has 9 heteroatoms. The van der Waals surface area contributed by atoms with Crippen molar-refractivity contribution in [1.82, 2.24) is 5.32 Å². The van der Waals surface area contributed by atoms with Crippen LogP contribution in [0.15, 0.2) is 64.2 Å². The number of anilines is 1. The molecule has 0 spiro atoms. The molecule has 1 aromatic heterocycles. The number of Topliss-reactive ketones (excluding diaryl/α,β-unsaturated/α-hetero) is 1. The van der Waals surface area contributed by atoms with E-state index in [2.05, 4.69) is 5.32 Å². The molecule has 3 aromatic rings. The van der Waals surface area contributed by atoms with Crippen LogP contribution in [0.1, 0.15) is 17.5 Å². The minimum absolute atomic E-state index is 0.0218. The quantitative estimate of drug-likeness (QED) is 0.490. The zero-order valence-electron chi connectivity index (χ0n) is 18.1. The van der Waals surface area contributed by atoms with Crippen molar-refractivity contribution in [3.63, 3.8) is 0 Å². The number of nitrogens with zero attached hydrogens (tertiary/aromatic N) is 1. The maximum atomic E-state index is 15.3. The third-order valence-electron chi connectivity index (χ3n) is 6.19. The van der Waals surface area contributed by atoms with Crippen molar-refractivity contribution in [2.24, 2.45) is 0 Å². The van der Waals surface area contributed by atoms with Crippen LogP contribution in [0.3, 0.4) is 0 Å². The maximum Gasteiger partial charge on any atom is 0.242 e. The smallest absolute Gasteiger partial charge is 0.242 e. The van der Waals surface area contributed by atoms with Gasteiger partial charge in [0.1, 0.15) is 11.1 Å². The Balaban J connectivity index is 1.48. The molecule has 5 nitrogen and oxygen atoms in total. The number of hydrogen-bond donors (Lipinski definition) is 1. The van der Waals surface area contributed by atoms with Crippen LogP contribution in [-0.4, -0.2) is 43.2 Å². The number of thioether (sulfide) groups is 1. The van der Waals surface area contributed by atoms with E-state index in [1.165, 1.54) is 17.4 Å². The first kappa shape index (κ1) is 23.4. The van der Waals surface area contributed by atoms with Crippen molar-refractivity contribution in [2.45, 2.75) is 22.1 Å². The van der Waals surface area contributed by atoms with E-state index < -0.39 is 16.7 Å². The second kappa shape index (κ2) is 9.70. The summed E-state index contributed by atoms with van der Waals surface area (Å²) in [5.41, 5.74) is 0.672. The van der Waals surface area contributed by atoms with Crippen LogP contribution >= 0.6 is 34.7 Å². The summed E-state index contributed by atoms with van der Waals surface area (Å²) < 4.78 is 20.7. The Hall–Kier alpha value is -2.39. The van der Waals surface area contributed by atoms with Crippen LogP contribution in [0.5, 0.6) is 0 Å². The molecule has 1 N–H and O–H groups in total. The van der Waals surface area contributed by atoms with Crippen LogP contribution < -0.4 is 10.2 Å². The normalized spacial score (nSPS) is 23.1. The Morgan fingerprint density at radius 3 is 2.59 bits per heavy atom. The fourth-order valence-electron chi connectivity index (χ4n) is 4.46. The van der Waals surface area contributed by atoms with Gasteiger partial charge in [-0.25, -0.2) is 4.39 Å². The molecule has 34 heavy (non-hydrogen) atoms. The zero-order chi connectivity index (χ0) is 23.7. The molecule has 3 heterocycles. The van der Waals surface area contributed by atoms with E-state index in [0.717, 1.165) is 17.3 Å². The zero-order valence-corrected chi connectivity index (χ0v) is 20.5. The molecular formula is C25H22ClFN2O3S2. The van der Waals surface area contributed by atoms with Gasteiger partial charge in [0.15, 0.2) is 5.78 Å². The number of halogens is 2. The molecule has 1 amide bonds. The Morgan fingerprint density at radius 1 is 1.12 bits per heavy atom. The van der Waals surface area contributed by atoms with Crippen molar-refractivity contribution in [2.75, 3.05) is 31.2 Å². The Labute approximate surface area is 210 Å². The average molecular weight is 517 g/mol. The summed E-state index contributed by atoms with van der Waals surface area (Å²) in [4.78, 5) is 29.3. The summed E-state index contributed by atoms with van der Waals surface area (Å²) in [6.07, 6.45) is 0.0218. The van der Waals surface area contributed by atoms with Gasteiger partial charge in [-0.2, -0.15) is 11.3 Å². The van der Waals surface area contributed by atoms with E-state index in [1.54, 1.807) is 30.3 Å². The molecule has 5 rings (SSSR count). The number of carbonyl (C=O) groups excluding carboxylic acids is 2. The van der Waals surface area contributed by atoms with Crippen molar-refractivity contribution in [3.8, 4) is 0 Å². The summed E-state index contributed by atoms with van der Waals surface area (Å²) in [5, 5.41) is 6.42. The number of ether oxygens (including phenoxy) is 1. The molecule has 2 aliphatic heterocycles. The predicted molar refractivity (Wildman–Crippen MR) is 133 cm³/mol. The first-order valence-electron chi connectivity index (χ1n) is 10.9. The lowest BCUT2D eigenvalue weighted by Gasteiger charge is -2.40. The number of amides is 1. The van der Waals surface area contributed by atoms with Gasteiger partial charge in [-0.15, -0.1) is 11.8 Å². The van der Waals surface area contributed by atoms with Gasteiger partial charge in [0.25, 0.3) is 0 Å². The molecular weight excluding hydrogens is 495 g/mol. The highest BCUT2D eigenvalue weighted by atomic mass is 35.5. The van der Waals surface area contributed by atoms with Gasteiger partial charge < -0.3 is 15.0 Å². The van der Waals surface area contributed by atoms with Crippen molar-refractivity contribution in [3.05, 3.63) is 81.3 Å². The van der Waals surface area contributed by atoms with E-state index in [-0.39, 0.29) is 18.0 Å². The molecule has 2 atom stereocenters. The Bertz CT molecular complexity index is 1200. The number of carbonyl (C=O) groups is 2. The van der Waals surface area contributed by atoms with Crippen LogP contribution in [-0.2, 0) is 19.9 Å².